The minimum atomic E-state index is -0.134. The van der Waals surface area contributed by atoms with Crippen molar-refractivity contribution in [2.75, 3.05) is 11.9 Å². The van der Waals surface area contributed by atoms with Gasteiger partial charge in [-0.05, 0) is 23.6 Å². The number of carbonyl (C=O) groups excluding carboxylic acids is 1. The molecule has 1 N–H and O–H groups in total. The number of anilines is 1. The summed E-state index contributed by atoms with van der Waals surface area (Å²) in [7, 11) is 0. The number of ether oxygens (including phenoxy) is 1. The molecule has 1 aromatic heterocycles. The molecule has 2 rings (SSSR count). The molecule has 0 unspecified atom stereocenters. The summed E-state index contributed by atoms with van der Waals surface area (Å²) in [6.07, 6.45) is 0. The van der Waals surface area contributed by atoms with Gasteiger partial charge in [0.25, 0.3) is 0 Å². The maximum absolute atomic E-state index is 11.0. The van der Waals surface area contributed by atoms with Crippen molar-refractivity contribution in [1.29, 1.82) is 0 Å². The smallest absolute Gasteiger partial charge is 0.223 e. The first-order chi connectivity index (χ1) is 10.2. The van der Waals surface area contributed by atoms with Crippen LogP contribution in [0.1, 0.15) is 27.7 Å². The normalized spacial score (nSPS) is 11.3. The van der Waals surface area contributed by atoms with Crippen LogP contribution in [0.2, 0.25) is 5.02 Å². The number of amides is 1. The van der Waals surface area contributed by atoms with Gasteiger partial charge in [0, 0.05) is 17.9 Å². The molecule has 0 aliphatic heterocycles. The van der Waals surface area contributed by atoms with Gasteiger partial charge < -0.3 is 10.1 Å². The lowest BCUT2D eigenvalue weighted by Gasteiger charge is -2.19. The summed E-state index contributed by atoms with van der Waals surface area (Å²) in [6, 6.07) is 5.59. The van der Waals surface area contributed by atoms with Crippen molar-refractivity contribution in [2.24, 2.45) is 5.41 Å². The molecule has 0 radical (unpaired) electrons. The average Bonchev–Trinajstić information content (AvgIpc) is 2.83. The molecular formula is C16H19ClN2O2S. The SMILES string of the molecule is CC(=O)Nc1nc(-c2ccc(OCC(C)(C)C)c(Cl)c2)cs1. The second kappa shape index (κ2) is 6.67. The Morgan fingerprint density at radius 1 is 1.41 bits per heavy atom. The number of halogens is 1. The second-order valence-electron chi connectivity index (χ2n) is 6.21. The monoisotopic (exact) mass is 338 g/mol. The number of rotatable bonds is 4. The van der Waals surface area contributed by atoms with E-state index in [-0.39, 0.29) is 11.3 Å². The number of nitrogens with one attached hydrogen (secondary N) is 1. The molecule has 1 amide bonds. The summed E-state index contributed by atoms with van der Waals surface area (Å²) in [5.74, 6) is 0.530. The first kappa shape index (κ1) is 16.8. The highest BCUT2D eigenvalue weighted by Crippen LogP contribution is 2.32. The quantitative estimate of drug-likeness (QED) is 0.867. The molecule has 0 fully saturated rings. The van der Waals surface area contributed by atoms with E-state index in [1.807, 2.05) is 23.6 Å². The van der Waals surface area contributed by atoms with Crippen LogP contribution in [0.25, 0.3) is 11.3 Å². The van der Waals surface area contributed by atoms with Crippen LogP contribution in [-0.4, -0.2) is 17.5 Å². The molecule has 0 saturated carbocycles. The van der Waals surface area contributed by atoms with Gasteiger partial charge in [-0.3, -0.25) is 4.79 Å². The fraction of sp³-hybridized carbons (Fsp3) is 0.375. The van der Waals surface area contributed by atoms with Gasteiger partial charge in [-0.15, -0.1) is 11.3 Å². The summed E-state index contributed by atoms with van der Waals surface area (Å²) >= 11 is 7.66. The molecule has 2 aromatic rings. The number of thiazole rings is 1. The highest BCUT2D eigenvalue weighted by molar-refractivity contribution is 7.14. The molecule has 118 valence electrons. The largest absolute Gasteiger partial charge is 0.491 e. The zero-order chi connectivity index (χ0) is 16.3. The number of nitrogens with zero attached hydrogens (tertiary/aromatic N) is 1. The van der Waals surface area contributed by atoms with Crippen molar-refractivity contribution in [3.8, 4) is 17.0 Å². The predicted molar refractivity (Wildman–Crippen MR) is 91.8 cm³/mol. The van der Waals surface area contributed by atoms with E-state index in [0.717, 1.165) is 11.3 Å². The van der Waals surface area contributed by atoms with Crippen LogP contribution in [0.3, 0.4) is 0 Å². The lowest BCUT2D eigenvalue weighted by molar-refractivity contribution is -0.114. The molecular weight excluding hydrogens is 320 g/mol. The minimum Gasteiger partial charge on any atom is -0.491 e. The zero-order valence-corrected chi connectivity index (χ0v) is 14.6. The third-order valence-electron chi connectivity index (χ3n) is 2.68. The standard InChI is InChI=1S/C16H19ClN2O2S/c1-10(20)18-15-19-13(8-22-15)11-5-6-14(12(17)7-11)21-9-16(2,3)4/h5-8H,9H2,1-4H3,(H,18,19,20). The van der Waals surface area contributed by atoms with E-state index in [4.69, 9.17) is 16.3 Å². The highest BCUT2D eigenvalue weighted by atomic mass is 35.5. The van der Waals surface area contributed by atoms with Crippen molar-refractivity contribution in [2.45, 2.75) is 27.7 Å². The third-order valence-corrected chi connectivity index (χ3v) is 3.73. The van der Waals surface area contributed by atoms with Gasteiger partial charge in [0.05, 0.1) is 17.3 Å². The Morgan fingerprint density at radius 2 is 2.14 bits per heavy atom. The summed E-state index contributed by atoms with van der Waals surface area (Å²) in [5.41, 5.74) is 1.74. The Kier molecular flexibility index (Phi) is 5.08. The lowest BCUT2D eigenvalue weighted by atomic mass is 9.99. The number of hydrogen-bond donors (Lipinski definition) is 1. The fourth-order valence-corrected chi connectivity index (χ4v) is 2.69. The fourth-order valence-electron chi connectivity index (χ4n) is 1.69. The van der Waals surface area contributed by atoms with Gasteiger partial charge in [0.1, 0.15) is 5.75 Å². The second-order valence-corrected chi connectivity index (χ2v) is 7.48. The van der Waals surface area contributed by atoms with E-state index in [2.05, 4.69) is 31.1 Å². The van der Waals surface area contributed by atoms with Crippen LogP contribution in [-0.2, 0) is 4.79 Å². The summed E-state index contributed by atoms with van der Waals surface area (Å²) in [6.45, 7) is 8.37. The Labute approximate surface area is 139 Å². The van der Waals surface area contributed by atoms with Gasteiger partial charge in [-0.1, -0.05) is 32.4 Å². The molecule has 22 heavy (non-hydrogen) atoms. The number of hydrogen-bond acceptors (Lipinski definition) is 4. The number of benzene rings is 1. The Hall–Kier alpha value is -1.59. The van der Waals surface area contributed by atoms with Crippen LogP contribution >= 0.6 is 22.9 Å². The molecule has 4 nitrogen and oxygen atoms in total. The molecule has 0 bridgehead atoms. The molecule has 0 aliphatic rings. The average molecular weight is 339 g/mol. The summed E-state index contributed by atoms with van der Waals surface area (Å²) < 4.78 is 5.74. The van der Waals surface area contributed by atoms with Crippen molar-refractivity contribution in [3.05, 3.63) is 28.6 Å². The van der Waals surface area contributed by atoms with E-state index in [1.165, 1.54) is 18.3 Å². The van der Waals surface area contributed by atoms with Gasteiger partial charge in [-0.25, -0.2) is 4.98 Å². The molecule has 0 atom stereocenters. The Morgan fingerprint density at radius 3 is 2.73 bits per heavy atom. The van der Waals surface area contributed by atoms with E-state index >= 15 is 0 Å². The third kappa shape index (κ3) is 4.71. The predicted octanol–water partition coefficient (Wildman–Crippen LogP) is 4.85. The lowest BCUT2D eigenvalue weighted by Crippen LogP contribution is -2.16. The van der Waals surface area contributed by atoms with E-state index < -0.39 is 0 Å². The van der Waals surface area contributed by atoms with Crippen LogP contribution in [0.4, 0.5) is 5.13 Å². The van der Waals surface area contributed by atoms with Crippen LogP contribution in [0.15, 0.2) is 23.6 Å². The minimum absolute atomic E-state index is 0.0736. The summed E-state index contributed by atoms with van der Waals surface area (Å²) in [5, 5.41) is 5.68. The molecule has 0 aliphatic carbocycles. The van der Waals surface area contributed by atoms with Crippen LogP contribution < -0.4 is 10.1 Å². The molecule has 6 heteroatoms. The maximum atomic E-state index is 11.0. The molecule has 1 heterocycles. The Bertz CT molecular complexity index is 677. The zero-order valence-electron chi connectivity index (χ0n) is 13.1. The van der Waals surface area contributed by atoms with Crippen LogP contribution in [0.5, 0.6) is 5.75 Å². The van der Waals surface area contributed by atoms with Gasteiger partial charge in [0.15, 0.2) is 5.13 Å². The van der Waals surface area contributed by atoms with E-state index in [1.54, 1.807) is 0 Å². The van der Waals surface area contributed by atoms with Crippen LogP contribution in [0, 0.1) is 5.41 Å². The first-order valence-electron chi connectivity index (χ1n) is 6.90. The van der Waals surface area contributed by atoms with Crippen molar-refractivity contribution in [1.82, 2.24) is 4.98 Å². The molecule has 0 saturated heterocycles. The van der Waals surface area contributed by atoms with Crippen molar-refractivity contribution >= 4 is 34.0 Å². The van der Waals surface area contributed by atoms with E-state index in [0.29, 0.717) is 22.5 Å². The van der Waals surface area contributed by atoms with E-state index in [9.17, 15) is 4.79 Å². The summed E-state index contributed by atoms with van der Waals surface area (Å²) in [4.78, 5) is 15.4. The van der Waals surface area contributed by atoms with Crippen molar-refractivity contribution in [3.63, 3.8) is 0 Å². The Balaban J connectivity index is 2.15. The van der Waals surface area contributed by atoms with Gasteiger partial charge >= 0.3 is 0 Å². The number of carbonyl (C=O) groups is 1. The molecule has 1 aromatic carbocycles. The highest BCUT2D eigenvalue weighted by Gasteiger charge is 2.13. The topological polar surface area (TPSA) is 51.2 Å². The molecule has 0 spiro atoms. The number of aromatic nitrogens is 1. The van der Waals surface area contributed by atoms with Crippen molar-refractivity contribution < 1.29 is 9.53 Å². The van der Waals surface area contributed by atoms with Gasteiger partial charge in [0.2, 0.25) is 5.91 Å². The maximum Gasteiger partial charge on any atom is 0.223 e. The van der Waals surface area contributed by atoms with Gasteiger partial charge in [-0.2, -0.15) is 0 Å². The first-order valence-corrected chi connectivity index (χ1v) is 8.16.